The third-order valence-electron chi connectivity index (χ3n) is 5.98. The second-order valence-electron chi connectivity index (χ2n) is 7.74. The molecule has 1 aromatic carbocycles. The van der Waals surface area contributed by atoms with Gasteiger partial charge in [0, 0.05) is 25.2 Å². The molecule has 1 fully saturated rings. The first kappa shape index (κ1) is 17.6. The predicted octanol–water partition coefficient (Wildman–Crippen LogP) is 4.10. The van der Waals surface area contributed by atoms with Crippen LogP contribution in [0.3, 0.4) is 0 Å². The third-order valence-corrected chi connectivity index (χ3v) is 7.02. The minimum absolute atomic E-state index is 0.0952. The van der Waals surface area contributed by atoms with E-state index in [2.05, 4.69) is 39.5 Å². The number of hydrogen-bond acceptors (Lipinski definition) is 5. The maximum Gasteiger partial charge on any atom is 0.223 e. The summed E-state index contributed by atoms with van der Waals surface area (Å²) >= 11 is 1.64. The molecular formula is C22H24N4OS. The molecule has 28 heavy (non-hydrogen) atoms. The molecule has 1 unspecified atom stereocenters. The van der Waals surface area contributed by atoms with Crippen molar-refractivity contribution in [1.82, 2.24) is 15.3 Å². The van der Waals surface area contributed by atoms with Gasteiger partial charge in [-0.25, -0.2) is 9.97 Å². The first-order valence-electron chi connectivity index (χ1n) is 10.1. The largest absolute Gasteiger partial charge is 0.349 e. The number of aromatic nitrogens is 2. The molecule has 5 nitrogen and oxygen atoms in total. The number of aryl methyl sites for hydroxylation is 1. The van der Waals surface area contributed by atoms with Crippen LogP contribution in [0.25, 0.3) is 10.3 Å². The van der Waals surface area contributed by atoms with E-state index in [4.69, 9.17) is 4.98 Å². The summed E-state index contributed by atoms with van der Waals surface area (Å²) in [6.45, 7) is 1.75. The summed E-state index contributed by atoms with van der Waals surface area (Å²) in [7, 11) is 0. The average Bonchev–Trinajstić information content (AvgIpc) is 3.18. The van der Waals surface area contributed by atoms with E-state index in [0.717, 1.165) is 60.7 Å². The summed E-state index contributed by atoms with van der Waals surface area (Å²) in [5.41, 5.74) is 3.65. The number of carbonyl (C=O) groups is 1. The maximum atomic E-state index is 12.9. The molecule has 3 heterocycles. The highest BCUT2D eigenvalue weighted by molar-refractivity contribution is 7.21. The van der Waals surface area contributed by atoms with E-state index in [1.165, 1.54) is 11.1 Å². The molecule has 0 radical (unpaired) electrons. The summed E-state index contributed by atoms with van der Waals surface area (Å²) in [5, 5.41) is 4.36. The van der Waals surface area contributed by atoms with Gasteiger partial charge in [-0.15, -0.1) is 0 Å². The second kappa shape index (κ2) is 7.51. The predicted molar refractivity (Wildman–Crippen MR) is 113 cm³/mol. The first-order valence-corrected chi connectivity index (χ1v) is 10.9. The molecule has 0 bridgehead atoms. The van der Waals surface area contributed by atoms with Gasteiger partial charge in [-0.05, 0) is 55.4 Å². The number of amides is 1. The number of carbonyl (C=O) groups excluding carboxylic acids is 1. The number of fused-ring (bicyclic) bond motifs is 2. The standard InChI is InChI=1S/C22H24N4OS/c27-20(24-18-8-3-6-15-5-1-2-7-17(15)18)16-10-13-26(14-11-16)22-25-19-9-4-12-23-21(19)28-22/h1-2,4-5,7,9,12,16,18H,3,6,8,10-11,13-14H2,(H,24,27). The smallest absolute Gasteiger partial charge is 0.223 e. The topological polar surface area (TPSA) is 58.1 Å². The molecule has 1 N–H and O–H groups in total. The van der Waals surface area contributed by atoms with E-state index in [9.17, 15) is 4.79 Å². The average molecular weight is 393 g/mol. The van der Waals surface area contributed by atoms with Gasteiger partial charge in [0.25, 0.3) is 0 Å². The number of nitrogens with zero attached hydrogens (tertiary/aromatic N) is 3. The molecule has 6 heteroatoms. The van der Waals surface area contributed by atoms with Crippen molar-refractivity contribution in [3.63, 3.8) is 0 Å². The molecule has 0 spiro atoms. The van der Waals surface area contributed by atoms with Crippen molar-refractivity contribution in [1.29, 1.82) is 0 Å². The zero-order chi connectivity index (χ0) is 18.9. The van der Waals surface area contributed by atoms with Gasteiger partial charge in [-0.3, -0.25) is 4.79 Å². The molecule has 1 amide bonds. The summed E-state index contributed by atoms with van der Waals surface area (Å²) in [6.07, 6.45) is 6.88. The van der Waals surface area contributed by atoms with E-state index in [0.29, 0.717) is 0 Å². The molecule has 1 atom stereocenters. The lowest BCUT2D eigenvalue weighted by molar-refractivity contribution is -0.126. The van der Waals surface area contributed by atoms with Crippen molar-refractivity contribution in [2.24, 2.45) is 5.92 Å². The molecule has 1 aliphatic heterocycles. The Kier molecular flexibility index (Phi) is 4.72. The van der Waals surface area contributed by atoms with Gasteiger partial charge in [0.2, 0.25) is 5.91 Å². The van der Waals surface area contributed by atoms with Gasteiger partial charge >= 0.3 is 0 Å². The number of hydrogen-bond donors (Lipinski definition) is 1. The van der Waals surface area contributed by atoms with Crippen molar-refractivity contribution < 1.29 is 4.79 Å². The van der Waals surface area contributed by atoms with Crippen LogP contribution in [0.1, 0.15) is 42.9 Å². The lowest BCUT2D eigenvalue weighted by atomic mass is 9.87. The Hall–Kier alpha value is -2.47. The van der Waals surface area contributed by atoms with Crippen molar-refractivity contribution >= 4 is 32.7 Å². The Balaban J connectivity index is 1.22. The van der Waals surface area contributed by atoms with E-state index in [1.54, 1.807) is 11.3 Å². The van der Waals surface area contributed by atoms with Gasteiger partial charge in [-0.2, -0.15) is 0 Å². The SMILES string of the molecule is O=C(NC1CCCc2ccccc21)C1CCN(c2nc3cccnc3s2)CC1. The molecular weight excluding hydrogens is 368 g/mol. The lowest BCUT2D eigenvalue weighted by Gasteiger charge is -2.33. The molecule has 3 aromatic rings. The van der Waals surface area contributed by atoms with Crippen LogP contribution in [0.4, 0.5) is 5.13 Å². The van der Waals surface area contributed by atoms with Crippen LogP contribution in [-0.2, 0) is 11.2 Å². The van der Waals surface area contributed by atoms with Crippen molar-refractivity contribution in [3.05, 3.63) is 53.7 Å². The highest BCUT2D eigenvalue weighted by atomic mass is 32.1. The Morgan fingerprint density at radius 2 is 1.96 bits per heavy atom. The molecule has 1 aliphatic carbocycles. The van der Waals surface area contributed by atoms with E-state index in [1.807, 2.05) is 18.3 Å². The van der Waals surface area contributed by atoms with Crippen LogP contribution < -0.4 is 10.2 Å². The first-order chi connectivity index (χ1) is 13.8. The number of nitrogens with one attached hydrogen (secondary N) is 1. The minimum atomic E-state index is 0.0952. The van der Waals surface area contributed by atoms with Gasteiger partial charge in [0.1, 0.15) is 10.3 Å². The number of thiazole rings is 1. The van der Waals surface area contributed by atoms with Gasteiger partial charge in [0.05, 0.1) is 6.04 Å². The molecule has 2 aromatic heterocycles. The Bertz CT molecular complexity index is 960. The second-order valence-corrected chi connectivity index (χ2v) is 8.69. The fourth-order valence-electron chi connectivity index (χ4n) is 4.42. The Morgan fingerprint density at radius 3 is 2.82 bits per heavy atom. The molecule has 5 rings (SSSR count). The van der Waals surface area contributed by atoms with Crippen LogP contribution in [0, 0.1) is 5.92 Å². The number of rotatable bonds is 3. The number of anilines is 1. The highest BCUT2D eigenvalue weighted by Crippen LogP contribution is 2.32. The summed E-state index contributed by atoms with van der Waals surface area (Å²) < 4.78 is 0. The Labute approximate surface area is 168 Å². The summed E-state index contributed by atoms with van der Waals surface area (Å²) in [5.74, 6) is 0.310. The van der Waals surface area contributed by atoms with E-state index in [-0.39, 0.29) is 17.9 Å². The van der Waals surface area contributed by atoms with Gasteiger partial charge in [0.15, 0.2) is 5.13 Å². The number of piperidine rings is 1. The number of pyridine rings is 1. The molecule has 144 valence electrons. The van der Waals surface area contributed by atoms with Crippen molar-refractivity contribution in [2.45, 2.75) is 38.1 Å². The normalized spacial score (nSPS) is 20.1. The minimum Gasteiger partial charge on any atom is -0.349 e. The van der Waals surface area contributed by atoms with E-state index >= 15 is 0 Å². The molecule has 0 saturated carbocycles. The monoisotopic (exact) mass is 392 g/mol. The fourth-order valence-corrected chi connectivity index (χ4v) is 5.38. The fraction of sp³-hybridized carbons (Fsp3) is 0.409. The maximum absolute atomic E-state index is 12.9. The van der Waals surface area contributed by atoms with E-state index < -0.39 is 0 Å². The highest BCUT2D eigenvalue weighted by Gasteiger charge is 2.29. The zero-order valence-electron chi connectivity index (χ0n) is 15.8. The lowest BCUT2D eigenvalue weighted by Crippen LogP contribution is -2.42. The van der Waals surface area contributed by atoms with Crippen LogP contribution in [0.5, 0.6) is 0 Å². The van der Waals surface area contributed by atoms with Crippen LogP contribution in [0.2, 0.25) is 0 Å². The third kappa shape index (κ3) is 3.37. The summed E-state index contributed by atoms with van der Waals surface area (Å²) in [6, 6.07) is 12.6. The molecule has 2 aliphatic rings. The molecule has 1 saturated heterocycles. The van der Waals surface area contributed by atoms with Crippen molar-refractivity contribution in [3.8, 4) is 0 Å². The number of benzene rings is 1. The van der Waals surface area contributed by atoms with Gasteiger partial charge < -0.3 is 10.2 Å². The van der Waals surface area contributed by atoms with Crippen molar-refractivity contribution in [2.75, 3.05) is 18.0 Å². The van der Waals surface area contributed by atoms with Crippen LogP contribution in [-0.4, -0.2) is 29.0 Å². The summed E-state index contributed by atoms with van der Waals surface area (Å²) in [4.78, 5) is 25.3. The zero-order valence-corrected chi connectivity index (χ0v) is 16.6. The Morgan fingerprint density at radius 1 is 1.11 bits per heavy atom. The van der Waals surface area contributed by atoms with Gasteiger partial charge in [-0.1, -0.05) is 35.6 Å². The van der Waals surface area contributed by atoms with Crippen LogP contribution in [0.15, 0.2) is 42.6 Å². The van der Waals surface area contributed by atoms with Crippen LogP contribution >= 0.6 is 11.3 Å². The quantitative estimate of drug-likeness (QED) is 0.729.